The largest absolute Gasteiger partial charge is 0.310 e. The van der Waals surface area contributed by atoms with Crippen molar-refractivity contribution >= 4 is 15.9 Å². The van der Waals surface area contributed by atoms with E-state index in [0.29, 0.717) is 6.04 Å². The Labute approximate surface area is 112 Å². The van der Waals surface area contributed by atoms with Gasteiger partial charge in [0.05, 0.1) is 0 Å². The maximum absolute atomic E-state index is 3.74. The molecule has 0 amide bonds. The lowest BCUT2D eigenvalue weighted by Gasteiger charge is -2.26. The number of rotatable bonds is 4. The van der Waals surface area contributed by atoms with Gasteiger partial charge in [0.2, 0.25) is 0 Å². The van der Waals surface area contributed by atoms with Gasteiger partial charge in [-0.15, -0.1) is 0 Å². The first-order valence-electron chi connectivity index (χ1n) is 6.84. The van der Waals surface area contributed by atoms with E-state index in [1.165, 1.54) is 60.7 Å². The average Bonchev–Trinajstić information content (AvgIpc) is 2.64. The van der Waals surface area contributed by atoms with Crippen LogP contribution in [0.3, 0.4) is 0 Å². The topological polar surface area (TPSA) is 12.0 Å². The van der Waals surface area contributed by atoms with Gasteiger partial charge < -0.3 is 5.32 Å². The number of hydrogen-bond donors (Lipinski definition) is 1. The van der Waals surface area contributed by atoms with Crippen LogP contribution < -0.4 is 5.32 Å². The molecule has 0 heterocycles. The molecule has 1 atom stereocenters. The summed E-state index contributed by atoms with van der Waals surface area (Å²) in [5, 5.41) is 3.74. The van der Waals surface area contributed by atoms with Crippen LogP contribution in [0.4, 0.5) is 0 Å². The molecule has 2 heteroatoms. The van der Waals surface area contributed by atoms with Crippen molar-refractivity contribution in [3.8, 4) is 0 Å². The lowest BCUT2D eigenvalue weighted by Crippen LogP contribution is -2.24. The fourth-order valence-corrected chi connectivity index (χ4v) is 3.45. The lowest BCUT2D eigenvalue weighted by molar-refractivity contribution is 0.287. The molecule has 1 saturated carbocycles. The van der Waals surface area contributed by atoms with Crippen LogP contribution >= 0.6 is 15.9 Å². The maximum atomic E-state index is 3.74. The number of nitrogens with one attached hydrogen (secondary N) is 1. The second kappa shape index (κ2) is 5.11. The molecule has 1 N–H and O–H groups in total. The second-order valence-electron chi connectivity index (χ2n) is 5.47. The van der Waals surface area contributed by atoms with Crippen molar-refractivity contribution in [2.24, 2.45) is 5.92 Å². The third-order valence-corrected chi connectivity index (χ3v) is 4.84. The SMILES string of the molecule is Brc1ccc2c(c1)CCC2NCCC1CCC1. The molecule has 17 heavy (non-hydrogen) atoms. The molecule has 2 aliphatic rings. The van der Waals surface area contributed by atoms with Crippen molar-refractivity contribution in [1.82, 2.24) is 5.32 Å². The van der Waals surface area contributed by atoms with Crippen LogP contribution in [0.15, 0.2) is 22.7 Å². The van der Waals surface area contributed by atoms with Crippen LogP contribution in [0.2, 0.25) is 0 Å². The number of benzene rings is 1. The zero-order valence-corrected chi connectivity index (χ0v) is 11.8. The Morgan fingerprint density at radius 2 is 2.12 bits per heavy atom. The van der Waals surface area contributed by atoms with Gasteiger partial charge in [-0.1, -0.05) is 41.3 Å². The molecule has 92 valence electrons. The lowest BCUT2D eigenvalue weighted by atomic mass is 9.83. The first-order valence-corrected chi connectivity index (χ1v) is 7.64. The number of aryl methyl sites for hydroxylation is 1. The fourth-order valence-electron chi connectivity index (χ4n) is 3.04. The molecule has 0 saturated heterocycles. The molecule has 0 spiro atoms. The van der Waals surface area contributed by atoms with E-state index in [9.17, 15) is 0 Å². The molecular formula is C15H20BrN. The van der Waals surface area contributed by atoms with E-state index in [-0.39, 0.29) is 0 Å². The minimum absolute atomic E-state index is 0.609. The standard InChI is InChI=1S/C15H20BrN/c16-13-5-6-14-12(10-13)4-7-15(14)17-9-8-11-2-1-3-11/h5-6,10-11,15,17H,1-4,7-9H2. The van der Waals surface area contributed by atoms with Gasteiger partial charge >= 0.3 is 0 Å². The van der Waals surface area contributed by atoms with E-state index in [2.05, 4.69) is 39.4 Å². The van der Waals surface area contributed by atoms with Crippen molar-refractivity contribution in [2.45, 2.75) is 44.6 Å². The van der Waals surface area contributed by atoms with Gasteiger partial charge in [0, 0.05) is 10.5 Å². The monoisotopic (exact) mass is 293 g/mol. The Bertz CT molecular complexity index is 398. The molecule has 0 radical (unpaired) electrons. The number of fused-ring (bicyclic) bond motifs is 1. The van der Waals surface area contributed by atoms with E-state index < -0.39 is 0 Å². The van der Waals surface area contributed by atoms with E-state index in [1.54, 1.807) is 0 Å². The number of hydrogen-bond acceptors (Lipinski definition) is 1. The highest BCUT2D eigenvalue weighted by atomic mass is 79.9. The molecule has 1 aromatic carbocycles. The van der Waals surface area contributed by atoms with Crippen LogP contribution in [-0.4, -0.2) is 6.54 Å². The summed E-state index contributed by atoms with van der Waals surface area (Å²) in [6.07, 6.45) is 8.28. The second-order valence-corrected chi connectivity index (χ2v) is 6.39. The molecular weight excluding hydrogens is 274 g/mol. The van der Waals surface area contributed by atoms with Crippen LogP contribution in [-0.2, 0) is 6.42 Å². The van der Waals surface area contributed by atoms with E-state index in [0.717, 1.165) is 5.92 Å². The van der Waals surface area contributed by atoms with Gasteiger partial charge in [-0.2, -0.15) is 0 Å². The fraction of sp³-hybridized carbons (Fsp3) is 0.600. The molecule has 3 rings (SSSR count). The zero-order chi connectivity index (χ0) is 11.7. The zero-order valence-electron chi connectivity index (χ0n) is 10.2. The average molecular weight is 294 g/mol. The third kappa shape index (κ3) is 2.58. The predicted octanol–water partition coefficient (Wildman–Crippen LogP) is 4.22. The van der Waals surface area contributed by atoms with Crippen LogP contribution in [0.25, 0.3) is 0 Å². The molecule has 2 aliphatic carbocycles. The Morgan fingerprint density at radius 3 is 2.88 bits per heavy atom. The van der Waals surface area contributed by atoms with Crippen molar-refractivity contribution in [2.75, 3.05) is 6.54 Å². The summed E-state index contributed by atoms with van der Waals surface area (Å²) in [5.74, 6) is 1.02. The molecule has 1 aromatic rings. The molecule has 0 aliphatic heterocycles. The molecule has 1 fully saturated rings. The van der Waals surface area contributed by atoms with E-state index in [4.69, 9.17) is 0 Å². The van der Waals surface area contributed by atoms with Gasteiger partial charge in [0.1, 0.15) is 0 Å². The van der Waals surface area contributed by atoms with Crippen LogP contribution in [0.1, 0.15) is 49.3 Å². The maximum Gasteiger partial charge on any atom is 0.0326 e. The van der Waals surface area contributed by atoms with E-state index >= 15 is 0 Å². The predicted molar refractivity (Wildman–Crippen MR) is 75.2 cm³/mol. The minimum atomic E-state index is 0.609. The summed E-state index contributed by atoms with van der Waals surface area (Å²) in [7, 11) is 0. The van der Waals surface area contributed by atoms with Gasteiger partial charge in [-0.25, -0.2) is 0 Å². The molecule has 1 nitrogen and oxygen atoms in total. The highest BCUT2D eigenvalue weighted by Gasteiger charge is 2.23. The minimum Gasteiger partial charge on any atom is -0.310 e. The molecule has 1 unspecified atom stereocenters. The van der Waals surface area contributed by atoms with Crippen LogP contribution in [0.5, 0.6) is 0 Å². The van der Waals surface area contributed by atoms with Gasteiger partial charge in [0.25, 0.3) is 0 Å². The summed E-state index contributed by atoms with van der Waals surface area (Å²) in [4.78, 5) is 0. The Hall–Kier alpha value is -0.340. The van der Waals surface area contributed by atoms with Crippen LogP contribution in [0, 0.1) is 5.92 Å². The number of halogens is 1. The summed E-state index contributed by atoms with van der Waals surface area (Å²) >= 11 is 3.55. The third-order valence-electron chi connectivity index (χ3n) is 4.35. The van der Waals surface area contributed by atoms with Gasteiger partial charge in [-0.05, 0) is 55.0 Å². The van der Waals surface area contributed by atoms with Crippen molar-refractivity contribution in [3.63, 3.8) is 0 Å². The molecule has 0 aromatic heterocycles. The first-order chi connectivity index (χ1) is 8.33. The quantitative estimate of drug-likeness (QED) is 0.877. The summed E-state index contributed by atoms with van der Waals surface area (Å²) in [5.41, 5.74) is 3.06. The molecule has 0 bridgehead atoms. The Balaban J connectivity index is 1.55. The Morgan fingerprint density at radius 1 is 1.24 bits per heavy atom. The van der Waals surface area contributed by atoms with E-state index in [1.807, 2.05) is 0 Å². The first kappa shape index (κ1) is 11.7. The van der Waals surface area contributed by atoms with Crippen molar-refractivity contribution in [1.29, 1.82) is 0 Å². The van der Waals surface area contributed by atoms with Crippen molar-refractivity contribution in [3.05, 3.63) is 33.8 Å². The van der Waals surface area contributed by atoms with Gasteiger partial charge in [-0.3, -0.25) is 0 Å². The van der Waals surface area contributed by atoms with Gasteiger partial charge in [0.15, 0.2) is 0 Å². The summed E-state index contributed by atoms with van der Waals surface area (Å²) in [6, 6.07) is 7.35. The smallest absolute Gasteiger partial charge is 0.0326 e. The van der Waals surface area contributed by atoms with Crippen molar-refractivity contribution < 1.29 is 0 Å². The normalized spacial score (nSPS) is 23.5. The Kier molecular flexibility index (Phi) is 3.53. The summed E-state index contributed by atoms with van der Waals surface area (Å²) in [6.45, 7) is 1.20. The highest BCUT2D eigenvalue weighted by Crippen LogP contribution is 2.33. The summed E-state index contributed by atoms with van der Waals surface area (Å²) < 4.78 is 1.21. The highest BCUT2D eigenvalue weighted by molar-refractivity contribution is 9.10.